The number of nitrogens with zero attached hydrogens (tertiary/aromatic N) is 1. The summed E-state index contributed by atoms with van der Waals surface area (Å²) in [5.41, 5.74) is 0.0960. The Morgan fingerprint density at radius 2 is 1.76 bits per heavy atom. The highest BCUT2D eigenvalue weighted by Gasteiger charge is 2.37. The van der Waals surface area contributed by atoms with Crippen LogP contribution in [0.3, 0.4) is 0 Å². The average Bonchev–Trinajstić information content (AvgIpc) is 2.55. The fourth-order valence-corrected chi connectivity index (χ4v) is 4.97. The number of hydrogen-bond acceptors (Lipinski definition) is 2. The highest BCUT2D eigenvalue weighted by Crippen LogP contribution is 2.37. The van der Waals surface area contributed by atoms with Crippen LogP contribution >= 0.6 is 0 Å². The Morgan fingerprint density at radius 1 is 1.05 bits per heavy atom. The summed E-state index contributed by atoms with van der Waals surface area (Å²) in [6.45, 7) is 2.06. The minimum absolute atomic E-state index is 0.0960. The van der Waals surface area contributed by atoms with Crippen molar-refractivity contribution in [3.8, 4) is 0 Å². The molecule has 3 heteroatoms. The van der Waals surface area contributed by atoms with Crippen LogP contribution in [-0.2, 0) is 4.79 Å². The molecule has 2 unspecified atom stereocenters. The molecule has 0 aromatic carbocycles. The van der Waals surface area contributed by atoms with Crippen molar-refractivity contribution in [3.63, 3.8) is 0 Å². The van der Waals surface area contributed by atoms with Crippen LogP contribution in [0.15, 0.2) is 0 Å². The SMILES string of the molecule is CNC1(CC(=O)N2CCC3CCCCC3C2)CCCCC1. The number of amides is 1. The summed E-state index contributed by atoms with van der Waals surface area (Å²) < 4.78 is 0. The molecule has 0 aromatic heterocycles. The molecule has 1 saturated heterocycles. The maximum Gasteiger partial charge on any atom is 0.224 e. The molecule has 0 spiro atoms. The van der Waals surface area contributed by atoms with Crippen molar-refractivity contribution >= 4 is 5.91 Å². The lowest BCUT2D eigenvalue weighted by molar-refractivity contribution is -0.136. The van der Waals surface area contributed by atoms with Crippen molar-refractivity contribution in [3.05, 3.63) is 0 Å². The maximum absolute atomic E-state index is 12.8. The summed E-state index contributed by atoms with van der Waals surface area (Å²) >= 11 is 0. The molecule has 0 radical (unpaired) electrons. The van der Waals surface area contributed by atoms with Crippen LogP contribution in [0.5, 0.6) is 0 Å². The van der Waals surface area contributed by atoms with Gasteiger partial charge in [0, 0.05) is 25.0 Å². The molecular weight excluding hydrogens is 260 g/mol. The standard InChI is InChI=1S/C18H32N2O/c1-19-18(10-5-2-6-11-18)13-17(21)20-12-9-15-7-3-4-8-16(15)14-20/h15-16,19H,2-14H2,1H3. The van der Waals surface area contributed by atoms with Crippen molar-refractivity contribution in [1.29, 1.82) is 0 Å². The number of hydrogen-bond donors (Lipinski definition) is 1. The van der Waals surface area contributed by atoms with Crippen LogP contribution in [0, 0.1) is 11.8 Å². The summed E-state index contributed by atoms with van der Waals surface area (Å²) in [4.78, 5) is 15.0. The number of piperidine rings is 1. The number of carbonyl (C=O) groups excluding carboxylic acids is 1. The number of carbonyl (C=O) groups is 1. The molecule has 3 nitrogen and oxygen atoms in total. The Kier molecular flexibility index (Phi) is 4.88. The third-order valence-corrected chi connectivity index (χ3v) is 6.47. The van der Waals surface area contributed by atoms with Crippen molar-refractivity contribution in [2.24, 2.45) is 11.8 Å². The Bertz CT molecular complexity index is 362. The zero-order valence-corrected chi connectivity index (χ0v) is 13.7. The summed E-state index contributed by atoms with van der Waals surface area (Å²) in [7, 11) is 2.05. The van der Waals surface area contributed by atoms with Crippen LogP contribution in [-0.4, -0.2) is 36.5 Å². The van der Waals surface area contributed by atoms with Gasteiger partial charge in [-0.2, -0.15) is 0 Å². The van der Waals surface area contributed by atoms with Gasteiger partial charge in [0.2, 0.25) is 5.91 Å². The molecule has 3 aliphatic rings. The van der Waals surface area contributed by atoms with E-state index < -0.39 is 0 Å². The highest BCUT2D eigenvalue weighted by molar-refractivity contribution is 5.77. The molecular formula is C18H32N2O. The molecule has 0 aromatic rings. The minimum Gasteiger partial charge on any atom is -0.342 e. The van der Waals surface area contributed by atoms with E-state index in [4.69, 9.17) is 0 Å². The third kappa shape index (κ3) is 3.44. The number of fused-ring (bicyclic) bond motifs is 1. The van der Waals surface area contributed by atoms with Crippen LogP contribution in [0.2, 0.25) is 0 Å². The summed E-state index contributed by atoms with van der Waals surface area (Å²) in [6, 6.07) is 0. The topological polar surface area (TPSA) is 32.3 Å². The molecule has 2 aliphatic carbocycles. The predicted molar refractivity (Wildman–Crippen MR) is 86.1 cm³/mol. The Hall–Kier alpha value is -0.570. The second kappa shape index (κ2) is 6.68. The van der Waals surface area contributed by atoms with Gasteiger partial charge in [-0.3, -0.25) is 4.79 Å². The highest BCUT2D eigenvalue weighted by atomic mass is 16.2. The van der Waals surface area contributed by atoms with E-state index in [0.29, 0.717) is 5.91 Å². The zero-order valence-electron chi connectivity index (χ0n) is 13.7. The predicted octanol–water partition coefficient (Wildman–Crippen LogP) is 3.34. The third-order valence-electron chi connectivity index (χ3n) is 6.47. The first-order valence-corrected chi connectivity index (χ1v) is 9.19. The van der Waals surface area contributed by atoms with E-state index in [1.54, 1.807) is 0 Å². The molecule has 120 valence electrons. The lowest BCUT2D eigenvalue weighted by Crippen LogP contribution is -2.51. The van der Waals surface area contributed by atoms with Gasteiger partial charge in [0.15, 0.2) is 0 Å². The van der Waals surface area contributed by atoms with E-state index in [0.717, 1.165) is 31.3 Å². The Balaban J connectivity index is 1.57. The molecule has 1 aliphatic heterocycles. The molecule has 1 heterocycles. The summed E-state index contributed by atoms with van der Waals surface area (Å²) in [5, 5.41) is 3.50. The first kappa shape index (κ1) is 15.3. The van der Waals surface area contributed by atoms with Crippen LogP contribution in [0.25, 0.3) is 0 Å². The lowest BCUT2D eigenvalue weighted by atomic mass is 9.74. The van der Waals surface area contributed by atoms with Crippen molar-refractivity contribution < 1.29 is 4.79 Å². The van der Waals surface area contributed by atoms with E-state index >= 15 is 0 Å². The second-order valence-corrected chi connectivity index (χ2v) is 7.70. The van der Waals surface area contributed by atoms with Gasteiger partial charge in [0.05, 0.1) is 0 Å². The molecule has 2 atom stereocenters. The van der Waals surface area contributed by atoms with Crippen molar-refractivity contribution in [2.45, 2.75) is 76.2 Å². The maximum atomic E-state index is 12.8. The van der Waals surface area contributed by atoms with Gasteiger partial charge in [-0.25, -0.2) is 0 Å². The molecule has 1 amide bonds. The van der Waals surface area contributed by atoms with Gasteiger partial charge in [0.1, 0.15) is 0 Å². The summed E-state index contributed by atoms with van der Waals surface area (Å²) in [5.74, 6) is 2.12. The molecule has 1 N–H and O–H groups in total. The van der Waals surface area contributed by atoms with Gasteiger partial charge in [0.25, 0.3) is 0 Å². The van der Waals surface area contributed by atoms with Gasteiger partial charge < -0.3 is 10.2 Å². The molecule has 3 rings (SSSR count). The molecule has 21 heavy (non-hydrogen) atoms. The van der Waals surface area contributed by atoms with E-state index in [9.17, 15) is 4.79 Å². The van der Waals surface area contributed by atoms with Crippen LogP contribution < -0.4 is 5.32 Å². The van der Waals surface area contributed by atoms with E-state index in [2.05, 4.69) is 10.2 Å². The quantitative estimate of drug-likeness (QED) is 0.865. The van der Waals surface area contributed by atoms with Gasteiger partial charge in [-0.15, -0.1) is 0 Å². The fourth-order valence-electron chi connectivity index (χ4n) is 4.97. The van der Waals surface area contributed by atoms with E-state index in [-0.39, 0.29) is 5.54 Å². The Morgan fingerprint density at radius 3 is 2.48 bits per heavy atom. The first-order chi connectivity index (χ1) is 10.2. The monoisotopic (exact) mass is 292 g/mol. The summed E-state index contributed by atoms with van der Waals surface area (Å²) in [6.07, 6.45) is 13.8. The van der Waals surface area contributed by atoms with Gasteiger partial charge in [-0.05, 0) is 44.6 Å². The minimum atomic E-state index is 0.0960. The average molecular weight is 292 g/mol. The van der Waals surface area contributed by atoms with Crippen molar-refractivity contribution in [1.82, 2.24) is 10.2 Å². The van der Waals surface area contributed by atoms with Crippen LogP contribution in [0.1, 0.15) is 70.6 Å². The first-order valence-electron chi connectivity index (χ1n) is 9.19. The number of rotatable bonds is 3. The normalized spacial score (nSPS) is 32.5. The van der Waals surface area contributed by atoms with E-state index in [1.807, 2.05) is 7.05 Å². The van der Waals surface area contributed by atoms with Gasteiger partial charge >= 0.3 is 0 Å². The Labute approximate surface area is 129 Å². The van der Waals surface area contributed by atoms with E-state index in [1.165, 1.54) is 64.2 Å². The zero-order chi connectivity index (χ0) is 14.7. The number of nitrogens with one attached hydrogen (secondary N) is 1. The molecule has 0 bridgehead atoms. The van der Waals surface area contributed by atoms with Crippen molar-refractivity contribution in [2.75, 3.05) is 20.1 Å². The smallest absolute Gasteiger partial charge is 0.224 e. The van der Waals surface area contributed by atoms with Gasteiger partial charge in [-0.1, -0.05) is 38.5 Å². The fraction of sp³-hybridized carbons (Fsp3) is 0.944. The van der Waals surface area contributed by atoms with Crippen LogP contribution in [0.4, 0.5) is 0 Å². The largest absolute Gasteiger partial charge is 0.342 e. The number of likely N-dealkylation sites (tertiary alicyclic amines) is 1. The second-order valence-electron chi connectivity index (χ2n) is 7.70. The molecule has 2 saturated carbocycles. The lowest BCUT2D eigenvalue weighted by Gasteiger charge is -2.43. The molecule has 3 fully saturated rings.